The number of rotatable bonds is 7. The quantitative estimate of drug-likeness (QED) is 0.175. The molecule has 0 aliphatic rings. The Morgan fingerprint density at radius 3 is 1.41 bits per heavy atom. The van der Waals surface area contributed by atoms with Gasteiger partial charge in [-0.15, -0.1) is 0 Å². The average Bonchev–Trinajstić information content (AvgIpc) is 3.55. The monoisotopic (exact) mass is 634 g/mol. The molecule has 0 fully saturated rings. The number of para-hydroxylation sites is 3. The van der Waals surface area contributed by atoms with Crippen LogP contribution in [0.15, 0.2) is 146 Å². The summed E-state index contributed by atoms with van der Waals surface area (Å²) in [5.41, 5.74) is 15.0. The van der Waals surface area contributed by atoms with E-state index in [2.05, 4.69) is 135 Å². The summed E-state index contributed by atoms with van der Waals surface area (Å²) in [6.07, 6.45) is 0. The zero-order valence-corrected chi connectivity index (χ0v) is 28.3. The summed E-state index contributed by atoms with van der Waals surface area (Å²) in [4.78, 5) is 15.5. The summed E-state index contributed by atoms with van der Waals surface area (Å²) in [7, 11) is 0. The molecule has 238 valence electrons. The summed E-state index contributed by atoms with van der Waals surface area (Å²) in [6, 6.07) is 51.1. The van der Waals surface area contributed by atoms with Gasteiger partial charge in [0.25, 0.3) is 0 Å². The van der Waals surface area contributed by atoms with Gasteiger partial charge in [-0.3, -0.25) is 4.57 Å². The maximum atomic E-state index is 5.38. The number of imidazole rings is 1. The van der Waals surface area contributed by atoms with Gasteiger partial charge in [-0.2, -0.15) is 0 Å². The van der Waals surface area contributed by atoms with Crippen LogP contribution >= 0.6 is 0 Å². The van der Waals surface area contributed by atoms with Crippen molar-refractivity contribution in [1.29, 1.82) is 0 Å². The molecule has 0 radical (unpaired) electrons. The topological polar surface area (TPSA) is 43.6 Å². The van der Waals surface area contributed by atoms with Crippen molar-refractivity contribution in [2.45, 2.75) is 39.5 Å². The number of nitrogens with zero attached hydrogens (tertiary/aromatic N) is 4. The first-order chi connectivity index (χ1) is 24.0. The Hall–Kier alpha value is -5.87. The molecule has 2 aromatic heterocycles. The van der Waals surface area contributed by atoms with Crippen molar-refractivity contribution in [3.8, 4) is 50.7 Å². The molecular weight excluding hydrogens is 597 g/mol. The van der Waals surface area contributed by atoms with Crippen molar-refractivity contribution in [3.05, 3.63) is 157 Å². The third kappa shape index (κ3) is 5.59. The minimum atomic E-state index is 0.366. The molecule has 0 saturated carbocycles. The van der Waals surface area contributed by atoms with E-state index in [0.29, 0.717) is 11.8 Å². The first-order valence-electron chi connectivity index (χ1n) is 17.1. The minimum absolute atomic E-state index is 0.366. The first kappa shape index (κ1) is 30.5. The summed E-state index contributed by atoms with van der Waals surface area (Å²) in [5, 5.41) is 0. The van der Waals surface area contributed by atoms with Crippen LogP contribution in [-0.4, -0.2) is 19.5 Å². The molecule has 6 aromatic carbocycles. The fraction of sp³-hybridized carbons (Fsp3) is 0.133. The van der Waals surface area contributed by atoms with E-state index in [1.807, 2.05) is 42.5 Å². The van der Waals surface area contributed by atoms with Gasteiger partial charge in [0.15, 0.2) is 0 Å². The Morgan fingerprint density at radius 1 is 0.408 bits per heavy atom. The molecule has 0 spiro atoms. The summed E-state index contributed by atoms with van der Waals surface area (Å²) in [6.45, 7) is 9.03. The average molecular weight is 635 g/mol. The SMILES string of the molecule is CC(C)c1ccc(C(C)C)c2c1nc(-c1ccc(-c3ccc(-c4nc5ccccc5nc4-c4ccccc4)cc3)cc1)n2-c1ccccc1. The lowest BCUT2D eigenvalue weighted by atomic mass is 9.94. The molecule has 0 N–H and O–H groups in total. The Morgan fingerprint density at radius 2 is 0.857 bits per heavy atom. The highest BCUT2D eigenvalue weighted by Gasteiger charge is 2.22. The molecule has 49 heavy (non-hydrogen) atoms. The number of hydrogen-bond acceptors (Lipinski definition) is 3. The van der Waals surface area contributed by atoms with Crippen molar-refractivity contribution >= 4 is 22.1 Å². The predicted octanol–water partition coefficient (Wildman–Crippen LogP) is 11.9. The van der Waals surface area contributed by atoms with E-state index in [4.69, 9.17) is 15.0 Å². The van der Waals surface area contributed by atoms with Crippen molar-refractivity contribution in [2.24, 2.45) is 0 Å². The lowest BCUT2D eigenvalue weighted by molar-refractivity contribution is 0.854. The second-order valence-corrected chi connectivity index (χ2v) is 13.3. The third-order valence-electron chi connectivity index (χ3n) is 9.38. The second-order valence-electron chi connectivity index (χ2n) is 13.3. The Labute approximate surface area is 287 Å². The highest BCUT2D eigenvalue weighted by molar-refractivity contribution is 5.90. The third-order valence-corrected chi connectivity index (χ3v) is 9.38. The molecule has 0 aliphatic carbocycles. The van der Waals surface area contributed by atoms with E-state index in [-0.39, 0.29) is 0 Å². The van der Waals surface area contributed by atoms with Crippen LogP contribution in [0.4, 0.5) is 0 Å². The maximum Gasteiger partial charge on any atom is 0.145 e. The van der Waals surface area contributed by atoms with Crippen LogP contribution < -0.4 is 0 Å². The fourth-order valence-electron chi connectivity index (χ4n) is 6.81. The molecule has 4 nitrogen and oxygen atoms in total. The van der Waals surface area contributed by atoms with Gasteiger partial charge in [0, 0.05) is 22.4 Å². The van der Waals surface area contributed by atoms with Gasteiger partial charge in [0.1, 0.15) is 5.82 Å². The van der Waals surface area contributed by atoms with Crippen molar-refractivity contribution < 1.29 is 0 Å². The highest BCUT2D eigenvalue weighted by Crippen LogP contribution is 2.38. The van der Waals surface area contributed by atoms with Crippen LogP contribution in [-0.2, 0) is 0 Å². The van der Waals surface area contributed by atoms with E-state index in [1.54, 1.807) is 0 Å². The standard InChI is InChI=1S/C45H38N4/c1-29(2)37-27-28-38(30(3)4)44-43(37)48-45(49(44)36-15-9-6-10-16-36)35-25-21-32(22-26-35)31-19-23-34(24-20-31)42-41(33-13-7-5-8-14-33)46-39-17-11-12-18-40(39)47-42/h5-30H,1-4H3. The second kappa shape index (κ2) is 12.6. The molecule has 8 rings (SSSR count). The van der Waals surface area contributed by atoms with Crippen molar-refractivity contribution in [3.63, 3.8) is 0 Å². The zero-order valence-electron chi connectivity index (χ0n) is 28.3. The van der Waals surface area contributed by atoms with Crippen molar-refractivity contribution in [2.75, 3.05) is 0 Å². The smallest absolute Gasteiger partial charge is 0.145 e. The van der Waals surface area contributed by atoms with Crippen LogP contribution in [0.3, 0.4) is 0 Å². The Balaban J connectivity index is 1.20. The molecule has 8 aromatic rings. The van der Waals surface area contributed by atoms with E-state index in [0.717, 1.165) is 67.3 Å². The normalized spacial score (nSPS) is 11.6. The van der Waals surface area contributed by atoms with Gasteiger partial charge in [0.05, 0.1) is 33.5 Å². The van der Waals surface area contributed by atoms with E-state index < -0.39 is 0 Å². The molecule has 4 heteroatoms. The molecule has 0 aliphatic heterocycles. The van der Waals surface area contributed by atoms with Crippen LogP contribution in [0.25, 0.3) is 72.8 Å². The summed E-state index contributed by atoms with van der Waals surface area (Å²) >= 11 is 0. The lowest BCUT2D eigenvalue weighted by Gasteiger charge is -2.16. The zero-order chi connectivity index (χ0) is 33.5. The van der Waals surface area contributed by atoms with Gasteiger partial charge in [-0.25, -0.2) is 15.0 Å². The number of fused-ring (bicyclic) bond motifs is 2. The predicted molar refractivity (Wildman–Crippen MR) is 204 cm³/mol. The largest absolute Gasteiger partial charge is 0.292 e. The van der Waals surface area contributed by atoms with Crippen LogP contribution in [0.5, 0.6) is 0 Å². The number of benzene rings is 6. The molecule has 2 heterocycles. The van der Waals surface area contributed by atoms with Gasteiger partial charge < -0.3 is 0 Å². The molecule has 0 unspecified atom stereocenters. The molecule has 0 amide bonds. The van der Waals surface area contributed by atoms with Gasteiger partial charge in [-0.05, 0) is 58.4 Å². The Bertz CT molecular complexity index is 2410. The van der Waals surface area contributed by atoms with Gasteiger partial charge >= 0.3 is 0 Å². The van der Waals surface area contributed by atoms with Crippen LogP contribution in [0.2, 0.25) is 0 Å². The summed E-state index contributed by atoms with van der Waals surface area (Å²) in [5.74, 6) is 1.69. The summed E-state index contributed by atoms with van der Waals surface area (Å²) < 4.78 is 2.36. The van der Waals surface area contributed by atoms with Gasteiger partial charge in [-0.1, -0.05) is 149 Å². The number of hydrogen-bond donors (Lipinski definition) is 0. The first-order valence-corrected chi connectivity index (χ1v) is 17.1. The molecular formula is C45H38N4. The fourth-order valence-corrected chi connectivity index (χ4v) is 6.81. The van der Waals surface area contributed by atoms with Crippen LogP contribution in [0, 0.1) is 0 Å². The Kier molecular flexibility index (Phi) is 7.85. The van der Waals surface area contributed by atoms with Crippen molar-refractivity contribution in [1.82, 2.24) is 19.5 Å². The van der Waals surface area contributed by atoms with E-state index >= 15 is 0 Å². The van der Waals surface area contributed by atoms with Crippen LogP contribution in [0.1, 0.15) is 50.7 Å². The maximum absolute atomic E-state index is 5.38. The molecule has 0 saturated heterocycles. The number of aromatic nitrogens is 4. The molecule has 0 bridgehead atoms. The lowest BCUT2D eigenvalue weighted by Crippen LogP contribution is -2.01. The van der Waals surface area contributed by atoms with E-state index in [1.165, 1.54) is 16.6 Å². The molecule has 0 atom stereocenters. The highest BCUT2D eigenvalue weighted by atomic mass is 15.1. The van der Waals surface area contributed by atoms with E-state index in [9.17, 15) is 0 Å². The van der Waals surface area contributed by atoms with Gasteiger partial charge in [0.2, 0.25) is 0 Å². The minimum Gasteiger partial charge on any atom is -0.292 e.